The Hall–Kier alpha value is -2.41. The molecular formula is C16H13BrN2O4. The average molecular weight is 377 g/mol. The number of hydrogen-bond donors (Lipinski definition) is 1. The third kappa shape index (κ3) is 2.92. The van der Waals surface area contributed by atoms with Crippen LogP contribution in [-0.2, 0) is 16.1 Å². The summed E-state index contributed by atoms with van der Waals surface area (Å²) in [4.78, 5) is 37.2. The van der Waals surface area contributed by atoms with Crippen LogP contribution in [0.4, 0.5) is 5.69 Å². The summed E-state index contributed by atoms with van der Waals surface area (Å²) < 4.78 is 1.98. The SMILES string of the molecule is O=C(O)[C@@H]1CN(C(=O)Cn2cc(Br)ccc2=O)c2ccccc21. The maximum Gasteiger partial charge on any atom is 0.312 e. The summed E-state index contributed by atoms with van der Waals surface area (Å²) in [6, 6.07) is 9.92. The minimum atomic E-state index is -0.965. The van der Waals surface area contributed by atoms with Crippen molar-refractivity contribution in [3.05, 3.63) is 63.0 Å². The monoisotopic (exact) mass is 376 g/mol. The van der Waals surface area contributed by atoms with E-state index < -0.39 is 11.9 Å². The van der Waals surface area contributed by atoms with Gasteiger partial charge >= 0.3 is 5.97 Å². The van der Waals surface area contributed by atoms with Crippen LogP contribution in [-0.4, -0.2) is 28.1 Å². The van der Waals surface area contributed by atoms with Crippen molar-refractivity contribution in [2.45, 2.75) is 12.5 Å². The Morgan fingerprint density at radius 3 is 2.70 bits per heavy atom. The molecular weight excluding hydrogens is 364 g/mol. The van der Waals surface area contributed by atoms with Crippen LogP contribution in [0.2, 0.25) is 0 Å². The molecule has 1 atom stereocenters. The predicted octanol–water partition coefficient (Wildman–Crippen LogP) is 1.83. The number of anilines is 1. The fourth-order valence-corrected chi connectivity index (χ4v) is 3.09. The van der Waals surface area contributed by atoms with Gasteiger partial charge in [0.05, 0.1) is 0 Å². The molecule has 0 bridgehead atoms. The zero-order chi connectivity index (χ0) is 16.6. The van der Waals surface area contributed by atoms with Gasteiger partial charge in [0, 0.05) is 29.0 Å². The van der Waals surface area contributed by atoms with Crippen LogP contribution in [0, 0.1) is 0 Å². The second-order valence-corrected chi connectivity index (χ2v) is 6.18. The number of rotatable bonds is 3. The Balaban J connectivity index is 1.90. The molecule has 1 aliphatic rings. The zero-order valence-electron chi connectivity index (χ0n) is 12.0. The highest BCUT2D eigenvalue weighted by Gasteiger charge is 2.36. The van der Waals surface area contributed by atoms with Crippen molar-refractivity contribution in [3.8, 4) is 0 Å². The zero-order valence-corrected chi connectivity index (χ0v) is 13.6. The smallest absolute Gasteiger partial charge is 0.312 e. The molecule has 0 spiro atoms. The number of benzene rings is 1. The van der Waals surface area contributed by atoms with Crippen molar-refractivity contribution < 1.29 is 14.7 Å². The first-order valence-electron chi connectivity index (χ1n) is 6.95. The number of hydrogen-bond acceptors (Lipinski definition) is 3. The van der Waals surface area contributed by atoms with Crippen LogP contribution < -0.4 is 10.5 Å². The van der Waals surface area contributed by atoms with Gasteiger partial charge in [-0.2, -0.15) is 0 Å². The molecule has 0 saturated heterocycles. The predicted molar refractivity (Wildman–Crippen MR) is 87.6 cm³/mol. The third-order valence-electron chi connectivity index (χ3n) is 3.82. The lowest BCUT2D eigenvalue weighted by Crippen LogP contribution is -2.36. The molecule has 118 valence electrons. The number of para-hydroxylation sites is 1. The number of aliphatic carboxylic acids is 1. The molecule has 3 rings (SSSR count). The molecule has 0 fully saturated rings. The quantitative estimate of drug-likeness (QED) is 0.885. The molecule has 1 aromatic heterocycles. The summed E-state index contributed by atoms with van der Waals surface area (Å²) in [5.74, 6) is -2.02. The standard InChI is InChI=1S/C16H13BrN2O4/c17-10-5-6-14(20)18(7-10)9-15(21)19-8-12(16(22)23)11-3-1-2-4-13(11)19/h1-7,12H,8-9H2,(H,22,23)/t12-/m1/s1. The van der Waals surface area contributed by atoms with E-state index in [0.29, 0.717) is 15.7 Å². The number of carbonyl (C=O) groups is 2. The van der Waals surface area contributed by atoms with Crippen LogP contribution in [0.5, 0.6) is 0 Å². The van der Waals surface area contributed by atoms with E-state index in [1.165, 1.54) is 21.7 Å². The highest BCUT2D eigenvalue weighted by atomic mass is 79.9. The number of aromatic nitrogens is 1. The summed E-state index contributed by atoms with van der Waals surface area (Å²) in [5, 5.41) is 9.33. The average Bonchev–Trinajstić information content (AvgIpc) is 2.91. The van der Waals surface area contributed by atoms with Gasteiger partial charge in [-0.05, 0) is 33.6 Å². The van der Waals surface area contributed by atoms with E-state index in [0.717, 1.165) is 0 Å². The van der Waals surface area contributed by atoms with Gasteiger partial charge in [0.15, 0.2) is 0 Å². The number of amides is 1. The molecule has 1 amide bonds. The van der Waals surface area contributed by atoms with Crippen LogP contribution in [0.3, 0.4) is 0 Å². The minimum absolute atomic E-state index is 0.0796. The molecule has 2 aromatic rings. The Morgan fingerprint density at radius 1 is 1.22 bits per heavy atom. The van der Waals surface area contributed by atoms with Gasteiger partial charge in [0.25, 0.3) is 5.56 Å². The van der Waals surface area contributed by atoms with Crippen molar-refractivity contribution in [2.75, 3.05) is 11.4 Å². The van der Waals surface area contributed by atoms with Crippen LogP contribution in [0.1, 0.15) is 11.5 Å². The topological polar surface area (TPSA) is 79.6 Å². The van der Waals surface area contributed by atoms with Crippen molar-refractivity contribution in [1.82, 2.24) is 4.57 Å². The summed E-state index contributed by atoms with van der Waals surface area (Å²) in [6.45, 7) is -0.0603. The second-order valence-electron chi connectivity index (χ2n) is 5.27. The highest BCUT2D eigenvalue weighted by Crippen LogP contribution is 2.36. The molecule has 7 heteroatoms. The van der Waals surface area contributed by atoms with E-state index in [9.17, 15) is 19.5 Å². The normalized spacial score (nSPS) is 16.2. The maximum atomic E-state index is 12.6. The second kappa shape index (κ2) is 6.00. The van der Waals surface area contributed by atoms with E-state index in [4.69, 9.17) is 0 Å². The molecule has 1 aliphatic heterocycles. The lowest BCUT2D eigenvalue weighted by molar-refractivity contribution is -0.138. The molecule has 2 heterocycles. The Labute approximate surface area is 140 Å². The van der Waals surface area contributed by atoms with E-state index in [1.807, 2.05) is 0 Å². The van der Waals surface area contributed by atoms with Gasteiger partial charge in [-0.3, -0.25) is 14.4 Å². The number of nitrogens with zero attached hydrogens (tertiary/aromatic N) is 2. The number of carbonyl (C=O) groups excluding carboxylic acids is 1. The summed E-state index contributed by atoms with van der Waals surface area (Å²) in [6.07, 6.45) is 1.54. The van der Waals surface area contributed by atoms with Crippen LogP contribution in [0.25, 0.3) is 0 Å². The Bertz CT molecular complexity index is 846. The lowest BCUT2D eigenvalue weighted by atomic mass is 10.0. The molecule has 0 aliphatic carbocycles. The van der Waals surface area contributed by atoms with Crippen molar-refractivity contribution >= 4 is 33.5 Å². The molecule has 0 unspecified atom stereocenters. The first-order valence-corrected chi connectivity index (χ1v) is 7.75. The van der Waals surface area contributed by atoms with Gasteiger partial charge in [-0.1, -0.05) is 18.2 Å². The Kier molecular flexibility index (Phi) is 4.04. The largest absolute Gasteiger partial charge is 0.481 e. The molecule has 6 nitrogen and oxygen atoms in total. The fraction of sp³-hybridized carbons (Fsp3) is 0.188. The van der Waals surface area contributed by atoms with E-state index in [-0.39, 0.29) is 24.6 Å². The minimum Gasteiger partial charge on any atom is -0.481 e. The van der Waals surface area contributed by atoms with Crippen LogP contribution >= 0.6 is 15.9 Å². The van der Waals surface area contributed by atoms with Crippen molar-refractivity contribution in [3.63, 3.8) is 0 Å². The number of carboxylic acids is 1. The van der Waals surface area contributed by atoms with E-state index in [2.05, 4.69) is 15.9 Å². The van der Waals surface area contributed by atoms with Gasteiger partial charge < -0.3 is 14.6 Å². The van der Waals surface area contributed by atoms with Crippen molar-refractivity contribution in [2.24, 2.45) is 0 Å². The summed E-state index contributed by atoms with van der Waals surface area (Å²) in [5.41, 5.74) is 0.923. The van der Waals surface area contributed by atoms with E-state index in [1.54, 1.807) is 30.3 Å². The summed E-state index contributed by atoms with van der Waals surface area (Å²) >= 11 is 3.26. The third-order valence-corrected chi connectivity index (χ3v) is 4.29. The van der Waals surface area contributed by atoms with Gasteiger partial charge in [-0.25, -0.2) is 0 Å². The number of pyridine rings is 1. The molecule has 23 heavy (non-hydrogen) atoms. The number of carboxylic acid groups (broad SMARTS) is 1. The lowest BCUT2D eigenvalue weighted by Gasteiger charge is -2.18. The van der Waals surface area contributed by atoms with Gasteiger partial charge in [-0.15, -0.1) is 0 Å². The van der Waals surface area contributed by atoms with Gasteiger partial charge in [0.1, 0.15) is 12.5 Å². The van der Waals surface area contributed by atoms with Gasteiger partial charge in [0.2, 0.25) is 5.91 Å². The molecule has 1 N–H and O–H groups in total. The van der Waals surface area contributed by atoms with E-state index >= 15 is 0 Å². The number of halogens is 1. The highest BCUT2D eigenvalue weighted by molar-refractivity contribution is 9.10. The fourth-order valence-electron chi connectivity index (χ4n) is 2.71. The Morgan fingerprint density at radius 2 is 1.96 bits per heavy atom. The van der Waals surface area contributed by atoms with Crippen molar-refractivity contribution in [1.29, 1.82) is 0 Å². The summed E-state index contributed by atoms with van der Waals surface area (Å²) in [7, 11) is 0. The molecule has 0 radical (unpaired) electrons. The molecule has 1 aromatic carbocycles. The molecule has 0 saturated carbocycles. The first-order chi connectivity index (χ1) is 11.0. The maximum absolute atomic E-state index is 12.6. The first kappa shape index (κ1) is 15.5. The van der Waals surface area contributed by atoms with Crippen LogP contribution in [0.15, 0.2) is 51.9 Å². The number of fused-ring (bicyclic) bond motifs is 1.